The van der Waals surface area contributed by atoms with Crippen molar-refractivity contribution in [3.63, 3.8) is 0 Å². The monoisotopic (exact) mass is 397 g/mol. The van der Waals surface area contributed by atoms with Crippen molar-refractivity contribution in [2.45, 2.75) is 57.9 Å². The molecule has 1 fully saturated rings. The van der Waals surface area contributed by atoms with Gasteiger partial charge in [-0.15, -0.1) is 11.3 Å². The van der Waals surface area contributed by atoms with Crippen LogP contribution in [0.15, 0.2) is 30.3 Å². The summed E-state index contributed by atoms with van der Waals surface area (Å²) in [5, 5.41) is 3.69. The van der Waals surface area contributed by atoms with E-state index in [2.05, 4.69) is 17.2 Å². The highest BCUT2D eigenvalue weighted by atomic mass is 32.1. The van der Waals surface area contributed by atoms with Crippen LogP contribution in [0.2, 0.25) is 0 Å². The molecular weight excluding hydrogens is 370 g/mol. The minimum Gasteiger partial charge on any atom is -0.327 e. The highest BCUT2D eigenvalue weighted by Crippen LogP contribution is 2.34. The van der Waals surface area contributed by atoms with E-state index < -0.39 is 6.04 Å². The summed E-state index contributed by atoms with van der Waals surface area (Å²) in [5.74, 6) is 0.610. The molecule has 4 rings (SSSR count). The Bertz CT molecular complexity index is 849. The zero-order chi connectivity index (χ0) is 19.5. The molecule has 2 aromatic rings. The van der Waals surface area contributed by atoms with Crippen molar-refractivity contribution in [1.29, 1.82) is 0 Å². The van der Waals surface area contributed by atoms with E-state index in [1.807, 2.05) is 30.3 Å². The lowest BCUT2D eigenvalue weighted by Crippen LogP contribution is -2.43. The molecule has 1 aromatic heterocycles. The summed E-state index contributed by atoms with van der Waals surface area (Å²) in [4.78, 5) is 33.5. The van der Waals surface area contributed by atoms with Gasteiger partial charge in [-0.1, -0.05) is 43.7 Å². The first-order valence-electron chi connectivity index (χ1n) is 10.3. The number of likely N-dealkylation sites (tertiary alicyclic amines) is 1. The average molecular weight is 398 g/mol. The molecular formula is C22H27N3O2S. The number of nitrogens with one attached hydrogen (secondary N) is 1. The van der Waals surface area contributed by atoms with E-state index in [0.29, 0.717) is 18.1 Å². The average Bonchev–Trinajstić information content (AvgIpc) is 3.11. The molecule has 5 nitrogen and oxygen atoms in total. The molecule has 0 spiro atoms. The standard InChI is InChI=1S/C22H27N3O2S/c1-2-15-11-12-17-18(14-15)28-22(23-17)24-21(27)20(16-8-4-3-5-9-16)25-13-7-6-10-19(25)26/h3-5,8-9,15,20H,2,6-7,10-14H2,1H3,(H,23,24,27). The van der Waals surface area contributed by atoms with Gasteiger partial charge in [0.15, 0.2) is 5.13 Å². The van der Waals surface area contributed by atoms with Gasteiger partial charge < -0.3 is 4.90 Å². The van der Waals surface area contributed by atoms with Gasteiger partial charge in [-0.25, -0.2) is 4.98 Å². The Morgan fingerprint density at radius 3 is 2.86 bits per heavy atom. The fraction of sp³-hybridized carbons (Fsp3) is 0.500. The second-order valence-corrected chi connectivity index (χ2v) is 8.84. The van der Waals surface area contributed by atoms with Gasteiger partial charge in [-0.2, -0.15) is 0 Å². The maximum absolute atomic E-state index is 13.3. The first kappa shape index (κ1) is 19.1. The Balaban J connectivity index is 1.56. The van der Waals surface area contributed by atoms with Crippen LogP contribution in [0.3, 0.4) is 0 Å². The molecule has 1 saturated heterocycles. The SMILES string of the molecule is CCC1CCc2nc(NC(=O)C(c3ccccc3)N3CCCCC3=O)sc2C1. The lowest BCUT2D eigenvalue weighted by molar-refractivity contribution is -0.141. The van der Waals surface area contributed by atoms with Crippen molar-refractivity contribution in [3.8, 4) is 0 Å². The summed E-state index contributed by atoms with van der Waals surface area (Å²) in [5.41, 5.74) is 1.98. The van der Waals surface area contributed by atoms with E-state index in [9.17, 15) is 9.59 Å². The number of rotatable bonds is 5. The van der Waals surface area contributed by atoms with Crippen LogP contribution < -0.4 is 5.32 Å². The van der Waals surface area contributed by atoms with Crippen LogP contribution in [0.4, 0.5) is 5.13 Å². The number of aryl methyl sites for hydroxylation is 1. The van der Waals surface area contributed by atoms with Crippen molar-refractivity contribution in [3.05, 3.63) is 46.5 Å². The van der Waals surface area contributed by atoms with Crippen LogP contribution in [-0.4, -0.2) is 28.2 Å². The van der Waals surface area contributed by atoms with Crippen molar-refractivity contribution < 1.29 is 9.59 Å². The largest absolute Gasteiger partial charge is 0.327 e. The first-order valence-corrected chi connectivity index (χ1v) is 11.1. The summed E-state index contributed by atoms with van der Waals surface area (Å²) in [6, 6.07) is 9.00. The number of thiazole rings is 1. The van der Waals surface area contributed by atoms with E-state index in [1.165, 1.54) is 17.7 Å². The fourth-order valence-electron chi connectivity index (χ4n) is 4.23. The summed E-state index contributed by atoms with van der Waals surface area (Å²) in [6.07, 6.45) is 6.77. The number of carbonyl (C=O) groups excluding carboxylic acids is 2. The predicted molar refractivity (Wildman–Crippen MR) is 111 cm³/mol. The molecule has 28 heavy (non-hydrogen) atoms. The molecule has 2 atom stereocenters. The van der Waals surface area contributed by atoms with Crippen molar-refractivity contribution in [2.75, 3.05) is 11.9 Å². The molecule has 0 saturated carbocycles. The number of benzene rings is 1. The van der Waals surface area contributed by atoms with Gasteiger partial charge in [-0.05, 0) is 43.6 Å². The maximum Gasteiger partial charge on any atom is 0.253 e. The third-order valence-electron chi connectivity index (χ3n) is 5.88. The van der Waals surface area contributed by atoms with Crippen LogP contribution >= 0.6 is 11.3 Å². The number of aromatic nitrogens is 1. The van der Waals surface area contributed by atoms with Gasteiger partial charge >= 0.3 is 0 Å². The van der Waals surface area contributed by atoms with Crippen LogP contribution in [0.5, 0.6) is 0 Å². The summed E-state index contributed by atoms with van der Waals surface area (Å²) in [6.45, 7) is 2.86. The van der Waals surface area contributed by atoms with Crippen LogP contribution in [0, 0.1) is 5.92 Å². The van der Waals surface area contributed by atoms with E-state index in [4.69, 9.17) is 0 Å². The Morgan fingerprint density at radius 1 is 1.29 bits per heavy atom. The summed E-state index contributed by atoms with van der Waals surface area (Å²) < 4.78 is 0. The van der Waals surface area contributed by atoms with Gasteiger partial charge in [-0.3, -0.25) is 14.9 Å². The highest BCUT2D eigenvalue weighted by Gasteiger charge is 2.33. The van der Waals surface area contributed by atoms with Crippen LogP contribution in [0.25, 0.3) is 0 Å². The van der Waals surface area contributed by atoms with E-state index in [1.54, 1.807) is 16.2 Å². The second kappa shape index (κ2) is 8.43. The lowest BCUT2D eigenvalue weighted by atomic mass is 9.89. The van der Waals surface area contributed by atoms with Crippen LogP contribution in [0.1, 0.15) is 61.2 Å². The van der Waals surface area contributed by atoms with E-state index >= 15 is 0 Å². The quantitative estimate of drug-likeness (QED) is 0.816. The van der Waals surface area contributed by atoms with Crippen molar-refractivity contribution >= 4 is 28.3 Å². The first-order chi connectivity index (χ1) is 13.7. The third kappa shape index (κ3) is 3.97. The normalized spacial score (nSPS) is 20.5. The van der Waals surface area contributed by atoms with Gasteiger partial charge in [0.2, 0.25) is 5.91 Å². The molecule has 1 aliphatic heterocycles. The Labute approximate surface area is 170 Å². The van der Waals surface area contributed by atoms with Gasteiger partial charge in [0.25, 0.3) is 5.91 Å². The Morgan fingerprint density at radius 2 is 2.11 bits per heavy atom. The van der Waals surface area contributed by atoms with E-state index in [-0.39, 0.29) is 11.8 Å². The topological polar surface area (TPSA) is 62.3 Å². The summed E-state index contributed by atoms with van der Waals surface area (Å²) >= 11 is 1.60. The van der Waals surface area contributed by atoms with Gasteiger partial charge in [0.05, 0.1) is 5.69 Å². The van der Waals surface area contributed by atoms with Gasteiger partial charge in [0, 0.05) is 17.8 Å². The molecule has 1 aromatic carbocycles. The molecule has 2 amide bonds. The Hall–Kier alpha value is -2.21. The molecule has 1 N–H and O–H groups in total. The van der Waals surface area contributed by atoms with Gasteiger partial charge in [0.1, 0.15) is 6.04 Å². The third-order valence-corrected chi connectivity index (χ3v) is 6.92. The molecule has 2 heterocycles. The number of anilines is 1. The number of carbonyl (C=O) groups is 2. The lowest BCUT2D eigenvalue weighted by Gasteiger charge is -2.33. The fourth-order valence-corrected chi connectivity index (χ4v) is 5.35. The predicted octanol–water partition coefficient (Wildman–Crippen LogP) is 4.35. The molecule has 2 unspecified atom stereocenters. The molecule has 1 aliphatic carbocycles. The number of hydrogen-bond donors (Lipinski definition) is 1. The molecule has 148 valence electrons. The van der Waals surface area contributed by atoms with Crippen LogP contribution in [-0.2, 0) is 22.4 Å². The van der Waals surface area contributed by atoms with Crippen molar-refractivity contribution in [1.82, 2.24) is 9.88 Å². The number of nitrogens with zero attached hydrogens (tertiary/aromatic N) is 2. The number of piperidine rings is 1. The number of hydrogen-bond acceptors (Lipinski definition) is 4. The minimum absolute atomic E-state index is 0.0551. The maximum atomic E-state index is 13.3. The molecule has 6 heteroatoms. The second-order valence-electron chi connectivity index (χ2n) is 7.75. The Kier molecular flexibility index (Phi) is 5.76. The van der Waals surface area contributed by atoms with E-state index in [0.717, 1.165) is 42.9 Å². The molecule has 2 aliphatic rings. The van der Waals surface area contributed by atoms with Crippen molar-refractivity contribution in [2.24, 2.45) is 5.92 Å². The molecule has 0 radical (unpaired) electrons. The number of fused-ring (bicyclic) bond motifs is 1. The zero-order valence-corrected chi connectivity index (χ0v) is 17.1. The zero-order valence-electron chi connectivity index (χ0n) is 16.3. The minimum atomic E-state index is -0.599. The highest BCUT2D eigenvalue weighted by molar-refractivity contribution is 7.15. The number of amides is 2. The summed E-state index contributed by atoms with van der Waals surface area (Å²) in [7, 11) is 0. The smallest absolute Gasteiger partial charge is 0.253 e. The molecule has 0 bridgehead atoms.